The predicted molar refractivity (Wildman–Crippen MR) is 166 cm³/mol. The number of esters is 1. The maximum atomic E-state index is 15.2. The minimum Gasteiger partial charge on any atom is -0.496 e. The van der Waals surface area contributed by atoms with Crippen LogP contribution in [-0.2, 0) is 9.53 Å². The number of ether oxygens (including phenoxy) is 2. The van der Waals surface area contributed by atoms with Gasteiger partial charge in [0.15, 0.2) is 0 Å². The Balaban J connectivity index is 1.36. The van der Waals surface area contributed by atoms with Crippen molar-refractivity contribution in [2.45, 2.75) is 49.2 Å². The van der Waals surface area contributed by atoms with Crippen molar-refractivity contribution in [3.63, 3.8) is 0 Å². The van der Waals surface area contributed by atoms with Gasteiger partial charge in [0.2, 0.25) is 5.91 Å². The number of thioether (sulfide) groups is 1. The number of hydrogen-bond donors (Lipinski definition) is 2. The summed E-state index contributed by atoms with van der Waals surface area (Å²) >= 11 is -0.626. The zero-order valence-corrected chi connectivity index (χ0v) is 26.5. The minimum absolute atomic E-state index is 0.00150. The number of nitrogens with one attached hydrogen (secondary N) is 2. The molecule has 4 unspecified atom stereocenters. The van der Waals surface area contributed by atoms with Crippen molar-refractivity contribution in [3.05, 3.63) is 89.5 Å². The fraction of sp³-hybridized carbons (Fsp3) is 0.324. The minimum atomic E-state index is -4.72. The second-order valence-electron chi connectivity index (χ2n) is 12.3. The predicted octanol–water partition coefficient (Wildman–Crippen LogP) is 7.77. The van der Waals surface area contributed by atoms with Gasteiger partial charge >= 0.3 is 11.5 Å². The molecule has 2 aliphatic rings. The first-order valence-electron chi connectivity index (χ1n) is 14.6. The Kier molecular flexibility index (Phi) is 9.40. The summed E-state index contributed by atoms with van der Waals surface area (Å²) in [6, 6.07) is 10.6. The van der Waals surface area contributed by atoms with Gasteiger partial charge in [0.25, 0.3) is 5.91 Å². The Morgan fingerprint density at radius 1 is 0.894 bits per heavy atom. The molecule has 2 aliphatic carbocycles. The van der Waals surface area contributed by atoms with Crippen LogP contribution < -0.4 is 15.4 Å². The molecule has 1 fully saturated rings. The molecule has 0 saturated heterocycles. The highest BCUT2D eigenvalue weighted by Gasteiger charge is 2.49. The number of methoxy groups -OCH3 is 1. The average Bonchev–Trinajstić information content (AvgIpc) is 3.59. The third-order valence-corrected chi connectivity index (χ3v) is 8.61. The van der Waals surface area contributed by atoms with Crippen molar-refractivity contribution in [2.75, 3.05) is 12.4 Å². The molecule has 5 rings (SSSR count). The first-order valence-corrected chi connectivity index (χ1v) is 15.4. The van der Waals surface area contributed by atoms with Gasteiger partial charge in [-0.05, 0) is 92.8 Å². The molecule has 0 radical (unpaired) electrons. The quantitative estimate of drug-likeness (QED) is 0.110. The smallest absolute Gasteiger partial charge is 0.446 e. The molecule has 2 amide bonds. The second-order valence-corrected chi connectivity index (χ2v) is 13.4. The van der Waals surface area contributed by atoms with Crippen LogP contribution in [0.2, 0.25) is 0 Å². The van der Waals surface area contributed by atoms with Crippen LogP contribution in [0.4, 0.5) is 27.6 Å². The topological polar surface area (TPSA) is 93.7 Å². The van der Waals surface area contributed by atoms with Gasteiger partial charge in [-0.15, -0.1) is 0 Å². The van der Waals surface area contributed by atoms with Crippen molar-refractivity contribution in [1.82, 2.24) is 5.32 Å². The van der Waals surface area contributed by atoms with E-state index in [0.29, 0.717) is 12.0 Å². The molecule has 248 valence electrons. The van der Waals surface area contributed by atoms with Crippen LogP contribution in [0.1, 0.15) is 47.9 Å². The van der Waals surface area contributed by atoms with Crippen LogP contribution in [-0.4, -0.2) is 42.0 Å². The Morgan fingerprint density at radius 3 is 2.21 bits per heavy atom. The Hall–Kier alpha value is -4.39. The molecule has 13 heteroatoms. The lowest BCUT2D eigenvalue weighted by Crippen LogP contribution is -2.47. The monoisotopic (exact) mass is 674 g/mol. The lowest BCUT2D eigenvalue weighted by Gasteiger charge is -2.28. The number of amides is 2. The van der Waals surface area contributed by atoms with Crippen molar-refractivity contribution in [3.8, 4) is 16.9 Å². The summed E-state index contributed by atoms with van der Waals surface area (Å²) in [6.07, 6.45) is 4.29. The number of anilines is 1. The van der Waals surface area contributed by atoms with Crippen LogP contribution in [0.25, 0.3) is 11.1 Å². The van der Waals surface area contributed by atoms with Gasteiger partial charge < -0.3 is 20.1 Å². The molecular weight excluding hydrogens is 643 g/mol. The average molecular weight is 675 g/mol. The normalized spacial score (nSPS) is 20.2. The molecule has 0 heterocycles. The van der Waals surface area contributed by atoms with E-state index in [0.717, 1.165) is 24.3 Å². The molecule has 0 aliphatic heterocycles. The third-order valence-electron chi connectivity index (χ3n) is 7.85. The molecule has 2 N–H and O–H groups in total. The van der Waals surface area contributed by atoms with E-state index in [1.165, 1.54) is 37.4 Å². The fourth-order valence-electron chi connectivity index (χ4n) is 5.86. The second kappa shape index (κ2) is 13.0. The van der Waals surface area contributed by atoms with Crippen LogP contribution >= 0.6 is 11.8 Å². The molecule has 7 nitrogen and oxygen atoms in total. The van der Waals surface area contributed by atoms with Gasteiger partial charge in [-0.2, -0.15) is 13.2 Å². The molecule has 3 aromatic carbocycles. The highest BCUT2D eigenvalue weighted by atomic mass is 32.2. The summed E-state index contributed by atoms with van der Waals surface area (Å²) in [5, 5.41) is 5.46. The van der Waals surface area contributed by atoms with Crippen molar-refractivity contribution < 1.29 is 45.8 Å². The van der Waals surface area contributed by atoms with Gasteiger partial charge in [-0.3, -0.25) is 9.59 Å². The first-order chi connectivity index (χ1) is 22.0. The molecule has 47 heavy (non-hydrogen) atoms. The SMILES string of the molecule is COc1cc(F)c(-c2ccc(C(=O)OC(C)(C)C)cc2)cc1C(=O)NC1C2C=CC(C2)C1C(=O)Nc1ccc(F)c(SC(F)(F)F)c1. The third kappa shape index (κ3) is 7.78. The molecule has 2 bridgehead atoms. The van der Waals surface area contributed by atoms with E-state index in [-0.39, 0.29) is 40.0 Å². The molecule has 4 atom stereocenters. The van der Waals surface area contributed by atoms with Gasteiger partial charge in [0.1, 0.15) is 23.0 Å². The van der Waals surface area contributed by atoms with Crippen LogP contribution in [0, 0.1) is 29.4 Å². The number of alkyl halides is 3. The summed E-state index contributed by atoms with van der Waals surface area (Å²) in [7, 11) is 1.28. The van der Waals surface area contributed by atoms with Crippen molar-refractivity contribution >= 4 is 35.2 Å². The first kappa shape index (κ1) is 34.0. The number of carbonyl (C=O) groups is 3. The van der Waals surface area contributed by atoms with Gasteiger partial charge in [-0.1, -0.05) is 24.3 Å². The zero-order chi connectivity index (χ0) is 34.3. The van der Waals surface area contributed by atoms with Crippen molar-refractivity contribution in [2.24, 2.45) is 17.8 Å². The summed E-state index contributed by atoms with van der Waals surface area (Å²) in [5.41, 5.74) is -4.74. The van der Waals surface area contributed by atoms with Gasteiger partial charge in [-0.25, -0.2) is 13.6 Å². The van der Waals surface area contributed by atoms with Gasteiger partial charge in [0.05, 0.1) is 29.1 Å². The summed E-state index contributed by atoms with van der Waals surface area (Å²) in [6.45, 7) is 5.21. The number of rotatable bonds is 8. The Bertz CT molecular complexity index is 1740. The standard InChI is InChI=1S/C34H31F5N2O5S/c1-33(2,3)46-32(44)18-7-5-17(6-8-18)22-15-23(26(45-4)16-25(22)36)30(42)41-29-20-10-9-19(13-20)28(29)31(43)40-21-11-12-24(35)27(14-21)47-34(37,38)39/h5-12,14-16,19-20,28-29H,13H2,1-4H3,(H,40,43)(H,41,42). The highest BCUT2D eigenvalue weighted by molar-refractivity contribution is 8.00. The van der Waals surface area contributed by atoms with E-state index in [2.05, 4.69) is 10.6 Å². The fourth-order valence-corrected chi connectivity index (χ4v) is 6.46. The largest absolute Gasteiger partial charge is 0.496 e. The summed E-state index contributed by atoms with van der Waals surface area (Å²) < 4.78 is 78.6. The van der Waals surface area contributed by atoms with Gasteiger partial charge in [0, 0.05) is 23.4 Å². The molecule has 3 aromatic rings. The van der Waals surface area contributed by atoms with E-state index in [4.69, 9.17) is 9.47 Å². The van der Waals surface area contributed by atoms with E-state index in [9.17, 15) is 31.9 Å². The van der Waals surface area contributed by atoms with Crippen LogP contribution in [0.5, 0.6) is 5.75 Å². The van der Waals surface area contributed by atoms with E-state index >= 15 is 4.39 Å². The molecular formula is C34H31F5N2O5S. The Labute approximate surface area is 271 Å². The number of halogens is 5. The maximum Gasteiger partial charge on any atom is 0.446 e. The zero-order valence-electron chi connectivity index (χ0n) is 25.7. The van der Waals surface area contributed by atoms with Crippen molar-refractivity contribution in [1.29, 1.82) is 0 Å². The molecule has 0 aromatic heterocycles. The number of allylic oxidation sites excluding steroid dienone is 1. The molecule has 1 saturated carbocycles. The number of fused-ring (bicyclic) bond motifs is 2. The van der Waals surface area contributed by atoms with Crippen LogP contribution in [0.15, 0.2) is 71.6 Å². The number of hydrogen-bond acceptors (Lipinski definition) is 6. The Morgan fingerprint density at radius 2 is 1.57 bits per heavy atom. The highest BCUT2D eigenvalue weighted by Crippen LogP contribution is 2.45. The van der Waals surface area contributed by atoms with Crippen LogP contribution in [0.3, 0.4) is 0 Å². The number of benzene rings is 3. The lowest BCUT2D eigenvalue weighted by atomic mass is 9.87. The maximum absolute atomic E-state index is 15.2. The van der Waals surface area contributed by atoms with E-state index < -0.39 is 69.1 Å². The summed E-state index contributed by atoms with van der Waals surface area (Å²) in [5.74, 6) is -4.80. The summed E-state index contributed by atoms with van der Waals surface area (Å²) in [4.78, 5) is 38.9. The van der Waals surface area contributed by atoms with E-state index in [1.807, 2.05) is 12.2 Å². The van der Waals surface area contributed by atoms with E-state index in [1.54, 1.807) is 20.8 Å². The number of carbonyl (C=O) groups excluding carboxylic acids is 3. The lowest BCUT2D eigenvalue weighted by molar-refractivity contribution is -0.121. The molecule has 0 spiro atoms.